The smallest absolute Gasteiger partial charge is 0.0545 e. The van der Waals surface area contributed by atoms with Crippen molar-refractivity contribution in [3.8, 4) is 0 Å². The van der Waals surface area contributed by atoms with E-state index in [0.29, 0.717) is 5.88 Å². The molecule has 1 rings (SSSR count). The number of alkyl halides is 1. The lowest BCUT2D eigenvalue weighted by Crippen LogP contribution is -2.43. The summed E-state index contributed by atoms with van der Waals surface area (Å²) in [7, 11) is 0. The van der Waals surface area contributed by atoms with Crippen molar-refractivity contribution in [2.45, 2.75) is 39.3 Å². The SMILES string of the molecule is CCC(C)(CCl)NCc1cccc(C)n1. The van der Waals surface area contributed by atoms with E-state index in [1.165, 1.54) is 0 Å². The summed E-state index contributed by atoms with van der Waals surface area (Å²) >= 11 is 5.92. The number of aryl methyl sites for hydroxylation is 1. The molecule has 0 fully saturated rings. The van der Waals surface area contributed by atoms with Crippen molar-refractivity contribution < 1.29 is 0 Å². The van der Waals surface area contributed by atoms with Crippen molar-refractivity contribution in [1.82, 2.24) is 10.3 Å². The summed E-state index contributed by atoms with van der Waals surface area (Å²) in [6, 6.07) is 6.07. The molecule has 1 atom stereocenters. The second-order valence-corrected chi connectivity index (χ2v) is 4.44. The first kappa shape index (κ1) is 12.5. The van der Waals surface area contributed by atoms with Gasteiger partial charge in [0.15, 0.2) is 0 Å². The molecule has 0 saturated carbocycles. The van der Waals surface area contributed by atoms with Crippen LogP contribution in [0.25, 0.3) is 0 Å². The Balaban J connectivity index is 2.56. The van der Waals surface area contributed by atoms with Crippen LogP contribution in [0.4, 0.5) is 0 Å². The van der Waals surface area contributed by atoms with E-state index in [4.69, 9.17) is 11.6 Å². The number of hydrogen-bond donors (Lipinski definition) is 1. The zero-order valence-electron chi connectivity index (χ0n) is 9.68. The topological polar surface area (TPSA) is 24.9 Å². The normalized spacial score (nSPS) is 14.9. The molecule has 15 heavy (non-hydrogen) atoms. The van der Waals surface area contributed by atoms with Crippen molar-refractivity contribution in [1.29, 1.82) is 0 Å². The van der Waals surface area contributed by atoms with Gasteiger partial charge in [-0.3, -0.25) is 4.98 Å². The van der Waals surface area contributed by atoms with Crippen molar-refractivity contribution in [2.24, 2.45) is 0 Å². The van der Waals surface area contributed by atoms with Gasteiger partial charge in [-0.15, -0.1) is 11.6 Å². The van der Waals surface area contributed by atoms with Gasteiger partial charge in [0, 0.05) is 23.7 Å². The van der Waals surface area contributed by atoms with E-state index >= 15 is 0 Å². The Morgan fingerprint density at radius 2 is 2.20 bits per heavy atom. The fourth-order valence-electron chi connectivity index (χ4n) is 1.27. The summed E-state index contributed by atoms with van der Waals surface area (Å²) in [6.07, 6.45) is 1.02. The van der Waals surface area contributed by atoms with Crippen LogP contribution in [0.5, 0.6) is 0 Å². The highest BCUT2D eigenvalue weighted by molar-refractivity contribution is 6.18. The first-order valence-electron chi connectivity index (χ1n) is 5.33. The zero-order valence-corrected chi connectivity index (χ0v) is 10.4. The third kappa shape index (κ3) is 3.80. The third-order valence-corrected chi connectivity index (χ3v) is 3.31. The van der Waals surface area contributed by atoms with Gasteiger partial charge < -0.3 is 5.32 Å². The van der Waals surface area contributed by atoms with Crippen LogP contribution in [0.3, 0.4) is 0 Å². The molecule has 1 unspecified atom stereocenters. The van der Waals surface area contributed by atoms with Crippen molar-refractivity contribution >= 4 is 11.6 Å². The number of halogens is 1. The lowest BCUT2D eigenvalue weighted by atomic mass is 10.0. The van der Waals surface area contributed by atoms with Gasteiger partial charge >= 0.3 is 0 Å². The minimum atomic E-state index is 0.00693. The molecular weight excluding hydrogens is 208 g/mol. The van der Waals surface area contributed by atoms with Crippen LogP contribution < -0.4 is 5.32 Å². The fourth-order valence-corrected chi connectivity index (χ4v) is 1.55. The van der Waals surface area contributed by atoms with Crippen LogP contribution >= 0.6 is 11.6 Å². The maximum Gasteiger partial charge on any atom is 0.0545 e. The second kappa shape index (κ2) is 5.47. The van der Waals surface area contributed by atoms with E-state index < -0.39 is 0 Å². The maximum atomic E-state index is 5.92. The molecular formula is C12H19ClN2. The minimum absolute atomic E-state index is 0.00693. The molecule has 2 nitrogen and oxygen atoms in total. The number of nitrogens with one attached hydrogen (secondary N) is 1. The van der Waals surface area contributed by atoms with Crippen LogP contribution in [0, 0.1) is 6.92 Å². The molecule has 0 spiro atoms. The van der Waals surface area contributed by atoms with E-state index in [-0.39, 0.29) is 5.54 Å². The molecule has 0 amide bonds. The predicted molar refractivity (Wildman–Crippen MR) is 65.2 cm³/mol. The Bertz CT molecular complexity index is 308. The molecule has 0 radical (unpaired) electrons. The summed E-state index contributed by atoms with van der Waals surface area (Å²) in [5.74, 6) is 0.620. The maximum absolute atomic E-state index is 5.92. The van der Waals surface area contributed by atoms with E-state index in [0.717, 1.165) is 24.4 Å². The van der Waals surface area contributed by atoms with Crippen molar-refractivity contribution in [2.75, 3.05) is 5.88 Å². The molecule has 0 aliphatic carbocycles. The Labute approximate surface area is 97.1 Å². The third-order valence-electron chi connectivity index (χ3n) is 2.72. The largest absolute Gasteiger partial charge is 0.305 e. The molecule has 1 N–H and O–H groups in total. The van der Waals surface area contributed by atoms with Gasteiger partial charge in [-0.2, -0.15) is 0 Å². The van der Waals surface area contributed by atoms with E-state index in [1.807, 2.05) is 25.1 Å². The van der Waals surface area contributed by atoms with Crippen LogP contribution in [0.15, 0.2) is 18.2 Å². The molecule has 0 aliphatic rings. The Morgan fingerprint density at radius 1 is 1.47 bits per heavy atom. The Hall–Kier alpha value is -0.600. The lowest BCUT2D eigenvalue weighted by Gasteiger charge is -2.27. The van der Waals surface area contributed by atoms with Crippen LogP contribution in [-0.4, -0.2) is 16.4 Å². The summed E-state index contributed by atoms with van der Waals surface area (Å²) in [6.45, 7) is 7.05. The summed E-state index contributed by atoms with van der Waals surface area (Å²) in [4.78, 5) is 4.44. The number of rotatable bonds is 5. The van der Waals surface area contributed by atoms with Crippen LogP contribution in [-0.2, 0) is 6.54 Å². The van der Waals surface area contributed by atoms with Gasteiger partial charge in [0.2, 0.25) is 0 Å². The van der Waals surface area contributed by atoms with Crippen molar-refractivity contribution in [3.05, 3.63) is 29.6 Å². The highest BCUT2D eigenvalue weighted by Gasteiger charge is 2.19. The number of nitrogens with zero attached hydrogens (tertiary/aromatic N) is 1. The van der Waals surface area contributed by atoms with E-state index in [9.17, 15) is 0 Å². The van der Waals surface area contributed by atoms with Gasteiger partial charge in [0.1, 0.15) is 0 Å². The average Bonchev–Trinajstić information content (AvgIpc) is 2.26. The molecule has 1 aromatic heterocycles. The van der Waals surface area contributed by atoms with Gasteiger partial charge in [-0.05, 0) is 32.4 Å². The Morgan fingerprint density at radius 3 is 2.73 bits per heavy atom. The molecule has 84 valence electrons. The lowest BCUT2D eigenvalue weighted by molar-refractivity contribution is 0.377. The van der Waals surface area contributed by atoms with Crippen LogP contribution in [0.1, 0.15) is 31.7 Å². The quantitative estimate of drug-likeness (QED) is 0.781. The van der Waals surface area contributed by atoms with Crippen LogP contribution in [0.2, 0.25) is 0 Å². The molecule has 0 bridgehead atoms. The number of aromatic nitrogens is 1. The zero-order chi connectivity index (χ0) is 11.3. The summed E-state index contributed by atoms with van der Waals surface area (Å²) in [5, 5.41) is 3.44. The number of hydrogen-bond acceptors (Lipinski definition) is 2. The molecule has 0 saturated heterocycles. The summed E-state index contributed by atoms with van der Waals surface area (Å²) < 4.78 is 0. The fraction of sp³-hybridized carbons (Fsp3) is 0.583. The van der Waals surface area contributed by atoms with E-state index in [1.54, 1.807) is 0 Å². The van der Waals surface area contributed by atoms with E-state index in [2.05, 4.69) is 24.1 Å². The van der Waals surface area contributed by atoms with Gasteiger partial charge in [-0.1, -0.05) is 13.0 Å². The van der Waals surface area contributed by atoms with Gasteiger partial charge in [-0.25, -0.2) is 0 Å². The predicted octanol–water partition coefficient (Wildman–Crippen LogP) is 2.89. The molecule has 0 aliphatic heterocycles. The van der Waals surface area contributed by atoms with Crippen molar-refractivity contribution in [3.63, 3.8) is 0 Å². The Kier molecular flexibility index (Phi) is 4.55. The highest BCUT2D eigenvalue weighted by Crippen LogP contribution is 2.12. The van der Waals surface area contributed by atoms with Gasteiger partial charge in [0.25, 0.3) is 0 Å². The molecule has 1 heterocycles. The second-order valence-electron chi connectivity index (χ2n) is 4.17. The molecule has 0 aromatic carbocycles. The molecule has 3 heteroatoms. The highest BCUT2D eigenvalue weighted by atomic mass is 35.5. The minimum Gasteiger partial charge on any atom is -0.305 e. The average molecular weight is 227 g/mol. The van der Waals surface area contributed by atoms with Gasteiger partial charge in [0.05, 0.1) is 5.69 Å². The first-order chi connectivity index (χ1) is 7.09. The number of pyridine rings is 1. The summed E-state index contributed by atoms with van der Waals surface area (Å²) in [5.41, 5.74) is 2.13. The first-order valence-corrected chi connectivity index (χ1v) is 5.86. The molecule has 1 aromatic rings. The standard InChI is InChI=1S/C12H19ClN2/c1-4-12(3,9-13)14-8-11-7-5-6-10(2)15-11/h5-7,14H,4,8-9H2,1-3H3. The monoisotopic (exact) mass is 226 g/mol.